The van der Waals surface area contributed by atoms with Gasteiger partial charge in [0.05, 0.1) is 15.6 Å². The quantitative estimate of drug-likeness (QED) is 0.315. The molecule has 1 aliphatic heterocycles. The number of rotatable bonds is 10. The van der Waals surface area contributed by atoms with Gasteiger partial charge in [0.15, 0.2) is 0 Å². The number of amides is 1. The topological polar surface area (TPSA) is 143 Å². The monoisotopic (exact) mass is 583 g/mol. The Kier molecular flexibility index (Phi) is 11.4. The Balaban J connectivity index is 0.00000141. The number of benzene rings is 2. The maximum absolute atomic E-state index is 12.6. The van der Waals surface area contributed by atoms with Gasteiger partial charge in [-0.15, -0.1) is 0 Å². The first kappa shape index (κ1) is 30.5. The summed E-state index contributed by atoms with van der Waals surface area (Å²) in [7, 11) is 0. The van der Waals surface area contributed by atoms with Crippen LogP contribution >= 0.6 is 23.2 Å². The van der Waals surface area contributed by atoms with E-state index >= 15 is 0 Å². The molecule has 1 unspecified atom stereocenters. The summed E-state index contributed by atoms with van der Waals surface area (Å²) in [5.74, 6) is -0.775. The number of pyridine rings is 1. The molecule has 0 aliphatic carbocycles. The minimum absolute atomic E-state index is 0.0369. The number of Topliss-reactive ketones (excluding diaryl/α,β-unsaturated/α-hetero) is 1. The number of fused-ring (bicyclic) bond motifs is 1. The van der Waals surface area contributed by atoms with Crippen molar-refractivity contribution in [1.29, 1.82) is 0 Å². The summed E-state index contributed by atoms with van der Waals surface area (Å²) in [6.07, 6.45) is 5.56. The number of carboxylic acid groups (broad SMARTS) is 1. The Morgan fingerprint density at radius 1 is 1.02 bits per heavy atom. The summed E-state index contributed by atoms with van der Waals surface area (Å²) in [5.41, 5.74) is 2.82. The lowest BCUT2D eigenvalue weighted by atomic mass is 9.95. The van der Waals surface area contributed by atoms with Crippen molar-refractivity contribution in [3.05, 3.63) is 93.1 Å². The molecule has 2 aromatic carbocycles. The fourth-order valence-corrected chi connectivity index (χ4v) is 4.98. The van der Waals surface area contributed by atoms with Gasteiger partial charge in [-0.25, -0.2) is 9.78 Å². The second kappa shape index (κ2) is 14.9. The van der Waals surface area contributed by atoms with Crippen LogP contribution in [0.3, 0.4) is 0 Å². The third kappa shape index (κ3) is 8.74. The third-order valence-electron chi connectivity index (χ3n) is 6.42. The van der Waals surface area contributed by atoms with Gasteiger partial charge in [0, 0.05) is 31.5 Å². The van der Waals surface area contributed by atoms with E-state index in [1.165, 1.54) is 17.7 Å². The summed E-state index contributed by atoms with van der Waals surface area (Å²) in [5, 5.41) is 15.8. The highest BCUT2D eigenvalue weighted by atomic mass is 35.5. The van der Waals surface area contributed by atoms with Gasteiger partial charge in [0.2, 0.25) is 0 Å². The molecular formula is C29H27Cl2N3O6. The second-order valence-corrected chi connectivity index (χ2v) is 10.0. The minimum atomic E-state index is -1.18. The third-order valence-corrected chi connectivity index (χ3v) is 7.05. The molecule has 0 fully saturated rings. The van der Waals surface area contributed by atoms with Crippen LogP contribution < -0.4 is 10.6 Å². The number of ketones is 1. The average Bonchev–Trinajstić information content (AvgIpc) is 2.93. The lowest BCUT2D eigenvalue weighted by molar-refractivity contribution is -0.191. The first-order valence-electron chi connectivity index (χ1n) is 12.5. The summed E-state index contributed by atoms with van der Waals surface area (Å²) in [4.78, 5) is 57.6. The van der Waals surface area contributed by atoms with Gasteiger partial charge in [-0.3, -0.25) is 9.59 Å². The molecular weight excluding hydrogens is 557 g/mol. The van der Waals surface area contributed by atoms with Crippen LogP contribution in [-0.2, 0) is 38.4 Å². The van der Waals surface area contributed by atoms with Gasteiger partial charge in [-0.05, 0) is 54.2 Å². The molecule has 1 aromatic heterocycles. The molecule has 0 spiro atoms. The maximum atomic E-state index is 12.6. The van der Waals surface area contributed by atoms with Crippen LogP contribution in [0.4, 0.5) is 5.82 Å². The first-order chi connectivity index (χ1) is 19.2. The van der Waals surface area contributed by atoms with Crippen molar-refractivity contribution < 1.29 is 29.1 Å². The van der Waals surface area contributed by atoms with Crippen molar-refractivity contribution >= 4 is 52.8 Å². The molecule has 1 aliphatic rings. The maximum Gasteiger partial charge on any atom is 0.373 e. The van der Waals surface area contributed by atoms with E-state index < -0.39 is 17.9 Å². The van der Waals surface area contributed by atoms with E-state index in [1.54, 1.807) is 24.4 Å². The zero-order chi connectivity index (χ0) is 29.1. The molecule has 208 valence electrons. The molecule has 0 saturated carbocycles. The van der Waals surface area contributed by atoms with Crippen LogP contribution in [0.15, 0.2) is 60.8 Å². The van der Waals surface area contributed by atoms with Crippen molar-refractivity contribution in [3.63, 3.8) is 0 Å². The molecule has 3 N–H and O–H groups in total. The van der Waals surface area contributed by atoms with Crippen LogP contribution in [0.5, 0.6) is 0 Å². The van der Waals surface area contributed by atoms with Gasteiger partial charge in [0.1, 0.15) is 17.6 Å². The Hall–Kier alpha value is -4.04. The Morgan fingerprint density at radius 2 is 1.68 bits per heavy atom. The van der Waals surface area contributed by atoms with Crippen LogP contribution in [0.2, 0.25) is 10.0 Å². The molecule has 0 saturated heterocycles. The van der Waals surface area contributed by atoms with Crippen LogP contribution in [0.1, 0.15) is 46.3 Å². The number of carboxylic acids is 1. The number of halogens is 2. The van der Waals surface area contributed by atoms with Crippen molar-refractivity contribution in [2.24, 2.45) is 0 Å². The fraction of sp³-hybridized carbons (Fsp3) is 0.276. The highest BCUT2D eigenvalue weighted by Crippen LogP contribution is 2.25. The first-order valence-corrected chi connectivity index (χ1v) is 13.2. The van der Waals surface area contributed by atoms with E-state index in [1.807, 2.05) is 18.2 Å². The number of aliphatic carboxylic acids is 1. The SMILES string of the molecule is O=C(CCC1CCc2cccnc2N1)Cc1ccc(C[C@H](NC(=O)c2c(Cl)cccc2Cl)C(=O)O)cc1.O=C=O. The van der Waals surface area contributed by atoms with Crippen molar-refractivity contribution in [1.82, 2.24) is 10.3 Å². The van der Waals surface area contributed by atoms with E-state index in [2.05, 4.69) is 21.7 Å². The number of carbonyl (C=O) groups excluding carboxylic acids is 4. The molecule has 11 heteroatoms. The van der Waals surface area contributed by atoms with Gasteiger partial charge in [-0.1, -0.05) is 59.6 Å². The summed E-state index contributed by atoms with van der Waals surface area (Å²) in [6.45, 7) is 0. The Bertz CT molecular complexity index is 1370. The molecule has 1 amide bonds. The highest BCUT2D eigenvalue weighted by molar-refractivity contribution is 6.39. The Morgan fingerprint density at radius 3 is 2.33 bits per heavy atom. The molecule has 2 atom stereocenters. The number of aromatic nitrogens is 1. The van der Waals surface area contributed by atoms with Crippen molar-refractivity contribution in [2.75, 3.05) is 5.32 Å². The number of nitrogens with zero attached hydrogens (tertiary/aromatic N) is 1. The number of hydrogen-bond donors (Lipinski definition) is 3. The van der Waals surface area contributed by atoms with E-state index in [9.17, 15) is 19.5 Å². The summed E-state index contributed by atoms with van der Waals surface area (Å²) >= 11 is 12.1. The molecule has 3 aromatic rings. The number of anilines is 1. The van der Waals surface area contributed by atoms with Crippen LogP contribution in [-0.4, -0.2) is 46.0 Å². The standard InChI is InChI=1S/C28H27Cl2N3O4.CO2/c29-22-4-1-5-23(30)25(22)27(35)33-24(28(36)37)16-18-8-6-17(7-9-18)15-21(34)13-12-20-11-10-19-3-2-14-31-26(19)32-20;2-1-3/h1-9,14,20,24H,10-13,15-16H2,(H,31,32)(H,33,35)(H,36,37);/t20?,24-;/m0./s1. The van der Waals surface area contributed by atoms with Crippen molar-refractivity contribution in [3.8, 4) is 0 Å². The summed E-state index contributed by atoms with van der Waals surface area (Å²) in [6, 6.07) is 14.9. The average molecular weight is 584 g/mol. The zero-order valence-corrected chi connectivity index (χ0v) is 22.9. The number of aryl methyl sites for hydroxylation is 1. The Labute approximate surface area is 240 Å². The molecule has 9 nitrogen and oxygen atoms in total. The van der Waals surface area contributed by atoms with E-state index in [4.69, 9.17) is 32.8 Å². The van der Waals surface area contributed by atoms with Gasteiger partial charge in [0.25, 0.3) is 5.91 Å². The van der Waals surface area contributed by atoms with Crippen LogP contribution in [0, 0.1) is 0 Å². The molecule has 4 rings (SSSR count). The molecule has 2 heterocycles. The van der Waals surface area contributed by atoms with Gasteiger partial charge >= 0.3 is 12.1 Å². The summed E-state index contributed by atoms with van der Waals surface area (Å²) < 4.78 is 0. The number of carbonyl (C=O) groups is 3. The predicted octanol–water partition coefficient (Wildman–Crippen LogP) is 4.55. The number of hydrogen-bond acceptors (Lipinski definition) is 7. The van der Waals surface area contributed by atoms with E-state index in [-0.39, 0.29) is 40.0 Å². The largest absolute Gasteiger partial charge is 0.480 e. The predicted molar refractivity (Wildman–Crippen MR) is 148 cm³/mol. The normalized spacial score (nSPS) is 14.3. The fourth-order valence-electron chi connectivity index (χ4n) is 4.41. The highest BCUT2D eigenvalue weighted by Gasteiger charge is 2.24. The number of nitrogens with one attached hydrogen (secondary N) is 2. The van der Waals surface area contributed by atoms with Gasteiger partial charge in [-0.2, -0.15) is 9.59 Å². The molecule has 0 radical (unpaired) electrons. The molecule has 0 bridgehead atoms. The smallest absolute Gasteiger partial charge is 0.373 e. The zero-order valence-electron chi connectivity index (χ0n) is 21.4. The minimum Gasteiger partial charge on any atom is -0.480 e. The van der Waals surface area contributed by atoms with Gasteiger partial charge < -0.3 is 15.7 Å². The van der Waals surface area contributed by atoms with Crippen LogP contribution in [0.25, 0.3) is 0 Å². The van der Waals surface area contributed by atoms with E-state index in [0.29, 0.717) is 18.4 Å². The lowest BCUT2D eigenvalue weighted by Crippen LogP contribution is -2.42. The second-order valence-electron chi connectivity index (χ2n) is 9.21. The van der Waals surface area contributed by atoms with Crippen molar-refractivity contribution in [2.45, 2.75) is 50.6 Å². The lowest BCUT2D eigenvalue weighted by Gasteiger charge is -2.25. The molecule has 40 heavy (non-hydrogen) atoms. The van der Waals surface area contributed by atoms with E-state index in [0.717, 1.165) is 30.6 Å².